The SMILES string of the molecule is CN1CCN(c2nccn3c(-c4ccnc(CC(CN)c5ccccc5)n4)cnc23)CC1. The van der Waals surface area contributed by atoms with E-state index in [4.69, 9.17) is 15.7 Å². The molecular weight excluding hydrogens is 400 g/mol. The van der Waals surface area contributed by atoms with E-state index in [0.717, 1.165) is 54.9 Å². The number of benzene rings is 1. The van der Waals surface area contributed by atoms with Gasteiger partial charge in [0.15, 0.2) is 11.5 Å². The Bertz CT molecular complexity index is 1180. The lowest BCUT2D eigenvalue weighted by Crippen LogP contribution is -2.45. The van der Waals surface area contributed by atoms with Crippen molar-refractivity contribution in [1.82, 2.24) is 29.2 Å². The highest BCUT2D eigenvalue weighted by atomic mass is 15.3. The fourth-order valence-electron chi connectivity index (χ4n) is 4.26. The van der Waals surface area contributed by atoms with E-state index in [9.17, 15) is 0 Å². The summed E-state index contributed by atoms with van der Waals surface area (Å²) in [4.78, 5) is 23.4. The van der Waals surface area contributed by atoms with Crippen LogP contribution in [0.2, 0.25) is 0 Å². The molecule has 2 N–H and O–H groups in total. The quantitative estimate of drug-likeness (QED) is 0.504. The summed E-state index contributed by atoms with van der Waals surface area (Å²) in [6, 6.07) is 12.3. The van der Waals surface area contributed by atoms with Crippen LogP contribution in [-0.4, -0.2) is 69.0 Å². The standard InChI is InChI=1S/C24H28N8/c1-30-11-13-31(14-12-30)23-24-28-17-21(32(24)10-9-27-23)20-7-8-26-22(29-20)15-19(16-25)18-5-3-2-4-6-18/h2-10,17,19H,11-16,25H2,1H3. The summed E-state index contributed by atoms with van der Waals surface area (Å²) >= 11 is 0. The average molecular weight is 429 g/mol. The smallest absolute Gasteiger partial charge is 0.180 e. The molecule has 0 amide bonds. The maximum absolute atomic E-state index is 6.07. The lowest BCUT2D eigenvalue weighted by molar-refractivity contribution is 0.312. The lowest BCUT2D eigenvalue weighted by atomic mass is 9.95. The van der Waals surface area contributed by atoms with Gasteiger partial charge >= 0.3 is 0 Å². The first-order chi connectivity index (χ1) is 15.7. The largest absolute Gasteiger partial charge is 0.351 e. The Labute approximate surface area is 187 Å². The van der Waals surface area contributed by atoms with Crippen LogP contribution in [0.1, 0.15) is 17.3 Å². The van der Waals surface area contributed by atoms with E-state index in [-0.39, 0.29) is 5.92 Å². The molecule has 164 valence electrons. The third kappa shape index (κ3) is 4.06. The zero-order valence-corrected chi connectivity index (χ0v) is 18.3. The number of nitrogens with zero attached hydrogens (tertiary/aromatic N) is 7. The maximum Gasteiger partial charge on any atom is 0.180 e. The van der Waals surface area contributed by atoms with Gasteiger partial charge in [0.05, 0.1) is 17.6 Å². The number of piperazine rings is 1. The summed E-state index contributed by atoms with van der Waals surface area (Å²) in [6.07, 6.45) is 8.18. The van der Waals surface area contributed by atoms with E-state index in [1.165, 1.54) is 5.56 Å². The molecule has 0 spiro atoms. The minimum absolute atomic E-state index is 0.182. The molecule has 0 radical (unpaired) electrons. The minimum atomic E-state index is 0.182. The molecule has 5 rings (SSSR count). The predicted molar refractivity (Wildman–Crippen MR) is 126 cm³/mol. The van der Waals surface area contributed by atoms with Crippen LogP contribution in [0.4, 0.5) is 5.82 Å². The molecule has 1 unspecified atom stereocenters. The molecule has 32 heavy (non-hydrogen) atoms. The van der Waals surface area contributed by atoms with Gasteiger partial charge in [0.2, 0.25) is 0 Å². The fraction of sp³-hybridized carbons (Fsp3) is 0.333. The first kappa shape index (κ1) is 20.5. The molecule has 1 aromatic carbocycles. The van der Waals surface area contributed by atoms with Crippen LogP contribution < -0.4 is 10.6 Å². The van der Waals surface area contributed by atoms with Crippen molar-refractivity contribution in [3.63, 3.8) is 0 Å². The van der Waals surface area contributed by atoms with Crippen LogP contribution in [0, 0.1) is 0 Å². The molecule has 1 saturated heterocycles. The van der Waals surface area contributed by atoms with E-state index in [2.05, 4.69) is 43.3 Å². The van der Waals surface area contributed by atoms with Crippen molar-refractivity contribution in [2.75, 3.05) is 44.7 Å². The number of aromatic nitrogens is 5. The molecule has 8 nitrogen and oxygen atoms in total. The van der Waals surface area contributed by atoms with Gasteiger partial charge < -0.3 is 15.5 Å². The third-order valence-electron chi connectivity index (χ3n) is 6.16. The molecule has 1 fully saturated rings. The van der Waals surface area contributed by atoms with Gasteiger partial charge in [-0.2, -0.15) is 0 Å². The molecule has 8 heteroatoms. The second-order valence-corrected chi connectivity index (χ2v) is 8.28. The molecule has 1 aliphatic heterocycles. The molecule has 4 aromatic rings. The van der Waals surface area contributed by atoms with E-state index in [1.807, 2.05) is 49.1 Å². The minimum Gasteiger partial charge on any atom is -0.351 e. The lowest BCUT2D eigenvalue weighted by Gasteiger charge is -2.33. The Hall–Kier alpha value is -3.36. The summed E-state index contributed by atoms with van der Waals surface area (Å²) in [5.41, 5.74) is 9.92. The Kier molecular flexibility index (Phi) is 5.79. The van der Waals surface area contributed by atoms with Gasteiger partial charge in [0.25, 0.3) is 0 Å². The normalized spacial score (nSPS) is 15.9. The van der Waals surface area contributed by atoms with Crippen molar-refractivity contribution >= 4 is 11.5 Å². The first-order valence-corrected chi connectivity index (χ1v) is 11.1. The number of hydrogen-bond acceptors (Lipinski definition) is 7. The van der Waals surface area contributed by atoms with Gasteiger partial charge in [0, 0.05) is 57.1 Å². The number of rotatable bonds is 6. The van der Waals surface area contributed by atoms with Crippen LogP contribution in [0.5, 0.6) is 0 Å². The number of fused-ring (bicyclic) bond motifs is 1. The van der Waals surface area contributed by atoms with Gasteiger partial charge in [-0.1, -0.05) is 30.3 Å². The molecule has 0 bridgehead atoms. The van der Waals surface area contributed by atoms with Crippen molar-refractivity contribution in [3.8, 4) is 11.4 Å². The number of hydrogen-bond donors (Lipinski definition) is 1. The van der Waals surface area contributed by atoms with E-state index in [1.54, 1.807) is 0 Å². The zero-order chi connectivity index (χ0) is 21.9. The summed E-state index contributed by atoms with van der Waals surface area (Å²) in [7, 11) is 2.15. The summed E-state index contributed by atoms with van der Waals surface area (Å²) in [6.45, 7) is 4.49. The zero-order valence-electron chi connectivity index (χ0n) is 18.3. The number of imidazole rings is 1. The first-order valence-electron chi connectivity index (χ1n) is 11.1. The molecule has 3 aromatic heterocycles. The topological polar surface area (TPSA) is 88.5 Å². The van der Waals surface area contributed by atoms with Gasteiger partial charge in [-0.25, -0.2) is 19.9 Å². The molecule has 4 heterocycles. The van der Waals surface area contributed by atoms with Crippen LogP contribution in [0.15, 0.2) is 61.2 Å². The highest BCUT2D eigenvalue weighted by Crippen LogP contribution is 2.25. The highest BCUT2D eigenvalue weighted by molar-refractivity contribution is 5.70. The van der Waals surface area contributed by atoms with Gasteiger partial charge in [-0.3, -0.25) is 4.40 Å². The van der Waals surface area contributed by atoms with Gasteiger partial charge in [-0.15, -0.1) is 0 Å². The fourth-order valence-corrected chi connectivity index (χ4v) is 4.26. The van der Waals surface area contributed by atoms with Crippen LogP contribution >= 0.6 is 0 Å². The second-order valence-electron chi connectivity index (χ2n) is 8.28. The summed E-state index contributed by atoms with van der Waals surface area (Å²) in [5, 5.41) is 0. The molecule has 0 aliphatic carbocycles. The Morgan fingerprint density at radius 2 is 1.78 bits per heavy atom. The Morgan fingerprint density at radius 1 is 0.969 bits per heavy atom. The molecule has 1 aliphatic rings. The third-order valence-corrected chi connectivity index (χ3v) is 6.16. The van der Waals surface area contributed by atoms with Gasteiger partial charge in [-0.05, 0) is 25.2 Å². The van der Waals surface area contributed by atoms with Gasteiger partial charge in [0.1, 0.15) is 5.82 Å². The monoisotopic (exact) mass is 428 g/mol. The molecule has 1 atom stereocenters. The maximum atomic E-state index is 6.07. The van der Waals surface area contributed by atoms with Crippen molar-refractivity contribution < 1.29 is 0 Å². The summed E-state index contributed by atoms with van der Waals surface area (Å²) in [5.74, 6) is 1.89. The van der Waals surface area contributed by atoms with Crippen LogP contribution in [0.25, 0.3) is 17.0 Å². The average Bonchev–Trinajstić information content (AvgIpc) is 3.28. The van der Waals surface area contributed by atoms with E-state index >= 15 is 0 Å². The Balaban J connectivity index is 1.44. The van der Waals surface area contributed by atoms with Crippen molar-refractivity contribution in [2.24, 2.45) is 5.73 Å². The summed E-state index contributed by atoms with van der Waals surface area (Å²) < 4.78 is 2.07. The molecular formula is C24H28N8. The number of anilines is 1. The van der Waals surface area contributed by atoms with Crippen LogP contribution in [0.3, 0.4) is 0 Å². The van der Waals surface area contributed by atoms with E-state index in [0.29, 0.717) is 13.0 Å². The van der Waals surface area contributed by atoms with Crippen LogP contribution in [-0.2, 0) is 6.42 Å². The number of likely N-dealkylation sites (N-methyl/N-ethyl adjacent to an activating group) is 1. The molecule has 0 saturated carbocycles. The van der Waals surface area contributed by atoms with Crippen molar-refractivity contribution in [3.05, 3.63) is 72.6 Å². The van der Waals surface area contributed by atoms with E-state index < -0.39 is 0 Å². The van der Waals surface area contributed by atoms with Crippen molar-refractivity contribution in [2.45, 2.75) is 12.3 Å². The predicted octanol–water partition coefficient (Wildman–Crippen LogP) is 2.22. The second kappa shape index (κ2) is 9.02. The Morgan fingerprint density at radius 3 is 2.56 bits per heavy atom. The number of nitrogens with two attached hydrogens (primary N) is 1. The van der Waals surface area contributed by atoms with Crippen molar-refractivity contribution in [1.29, 1.82) is 0 Å². The highest BCUT2D eigenvalue weighted by Gasteiger charge is 2.20.